The lowest BCUT2D eigenvalue weighted by Gasteiger charge is -2.29. The Morgan fingerprint density at radius 2 is 1.91 bits per heavy atom. The highest BCUT2D eigenvalue weighted by atomic mass is 31.2. The first-order chi connectivity index (χ1) is 4.77. The molecule has 0 N–H and O–H groups in total. The third-order valence-corrected chi connectivity index (χ3v) is 1.90. The Hall–Kier alpha value is 0.0700. The van der Waals surface area contributed by atoms with Crippen LogP contribution in [0.25, 0.3) is 0 Å². The number of quaternary nitrogens is 1. The number of nitrogens with zero attached hydrogens (tertiary/aromatic N) is 1. The number of hydrogen-bond donors (Lipinski definition) is 0. The normalized spacial score (nSPS) is 17.9. The predicted molar refractivity (Wildman–Crippen MR) is 38.3 cm³/mol. The number of phosphoric ester groups is 1. The van der Waals surface area contributed by atoms with E-state index in [1.54, 1.807) is 28.1 Å². The minimum atomic E-state index is -4.09. The molecular weight excluding hydrogens is 169 g/mol. The van der Waals surface area contributed by atoms with E-state index in [1.165, 1.54) is 0 Å². The molecule has 0 rings (SSSR count). The van der Waals surface area contributed by atoms with Crippen LogP contribution in [0.2, 0.25) is 0 Å². The quantitative estimate of drug-likeness (QED) is 0.353. The van der Waals surface area contributed by atoms with Crippen molar-refractivity contribution in [1.82, 2.24) is 0 Å². The molecule has 0 saturated heterocycles. The van der Waals surface area contributed by atoms with Gasteiger partial charge in [0.15, 0.2) is 0 Å². The molecule has 0 saturated carbocycles. The Labute approximate surface area is 66.7 Å². The maximum Gasteiger partial charge on any atom is 0.324 e. The summed E-state index contributed by atoms with van der Waals surface area (Å²) >= 11 is 0. The highest BCUT2D eigenvalue weighted by Crippen LogP contribution is 2.39. The zero-order valence-electron chi connectivity index (χ0n) is 7.23. The smallest absolute Gasteiger partial charge is 0.324 e. The predicted octanol–water partition coefficient (Wildman–Crippen LogP) is 0.129. The Kier molecular flexibility index (Phi) is 3.67. The van der Waals surface area contributed by atoms with E-state index < -0.39 is 7.82 Å². The van der Waals surface area contributed by atoms with E-state index in [4.69, 9.17) is 0 Å². The first kappa shape index (κ1) is 11.1. The molecule has 0 aromatic rings. The summed E-state index contributed by atoms with van der Waals surface area (Å²) in [5.41, 5.74) is 0. The zero-order valence-corrected chi connectivity index (χ0v) is 8.13. The molecule has 0 radical (unpaired) electrons. The average molecular weight is 183 g/mol. The van der Waals surface area contributed by atoms with Crippen molar-refractivity contribution in [3.05, 3.63) is 0 Å². The van der Waals surface area contributed by atoms with Crippen LogP contribution in [0.3, 0.4) is 0 Å². The third-order valence-electron chi connectivity index (χ3n) is 0.632. The van der Waals surface area contributed by atoms with Gasteiger partial charge in [0.2, 0.25) is 0 Å². The summed E-state index contributed by atoms with van der Waals surface area (Å²) in [5, 5.41) is 0. The summed E-state index contributed by atoms with van der Waals surface area (Å²) in [6, 6.07) is 0. The average Bonchev–Trinajstić information content (AvgIpc) is 1.55. The minimum Gasteiger partial charge on any atom is -0.752 e. The van der Waals surface area contributed by atoms with Gasteiger partial charge in [0.1, 0.15) is 0 Å². The lowest BCUT2D eigenvalue weighted by atomic mass is 10.9. The zero-order chi connectivity index (χ0) is 9.12. The highest BCUT2D eigenvalue weighted by Gasteiger charge is 2.20. The molecule has 0 aliphatic heterocycles. The Morgan fingerprint density at radius 1 is 1.45 bits per heavy atom. The van der Waals surface area contributed by atoms with E-state index >= 15 is 0 Å². The second-order valence-corrected chi connectivity index (χ2v) is 4.15. The van der Waals surface area contributed by atoms with Crippen LogP contribution in [0.15, 0.2) is 0 Å². The molecule has 0 spiro atoms. The van der Waals surface area contributed by atoms with E-state index in [0.29, 0.717) is 0 Å². The van der Waals surface area contributed by atoms with Gasteiger partial charge in [-0.05, 0) is 6.92 Å². The summed E-state index contributed by atoms with van der Waals surface area (Å²) in [6.07, 6.45) is 0. The fourth-order valence-electron chi connectivity index (χ4n) is 0.482. The SMILES string of the molecule is CCOP(=O)([O-])O[N+](C)(C)C. The molecule has 0 aliphatic carbocycles. The van der Waals surface area contributed by atoms with Crippen LogP contribution in [-0.4, -0.2) is 32.4 Å². The van der Waals surface area contributed by atoms with Crippen molar-refractivity contribution in [1.29, 1.82) is 0 Å². The van der Waals surface area contributed by atoms with Crippen LogP contribution >= 0.6 is 7.82 Å². The van der Waals surface area contributed by atoms with Crippen molar-refractivity contribution < 1.29 is 23.3 Å². The standard InChI is InChI=1S/C5H14NO4P/c1-5-9-11(7,8)10-6(2,3)4/h5H2,1-4H3. The van der Waals surface area contributed by atoms with Crippen LogP contribution in [0.1, 0.15) is 6.92 Å². The topological polar surface area (TPSA) is 58.6 Å². The fourth-order valence-corrected chi connectivity index (χ4v) is 1.45. The molecule has 5 nitrogen and oxygen atoms in total. The van der Waals surface area contributed by atoms with Crippen LogP contribution in [0.5, 0.6) is 0 Å². The fraction of sp³-hybridized carbons (Fsp3) is 1.00. The summed E-state index contributed by atoms with van der Waals surface area (Å²) in [7, 11) is 0.669. The van der Waals surface area contributed by atoms with Gasteiger partial charge >= 0.3 is 7.82 Å². The Bertz CT molecular complexity index is 164. The Balaban J connectivity index is 4.03. The second kappa shape index (κ2) is 3.65. The van der Waals surface area contributed by atoms with Crippen LogP contribution in [0.4, 0.5) is 0 Å². The van der Waals surface area contributed by atoms with Gasteiger partial charge in [-0.2, -0.15) is 4.65 Å². The number of hydrogen-bond acceptors (Lipinski definition) is 4. The summed E-state index contributed by atoms with van der Waals surface area (Å²) in [6.45, 7) is 1.68. The van der Waals surface area contributed by atoms with Gasteiger partial charge in [0, 0.05) is 0 Å². The molecule has 0 fully saturated rings. The lowest BCUT2D eigenvalue weighted by Crippen LogP contribution is -2.35. The van der Waals surface area contributed by atoms with Gasteiger partial charge in [-0.3, -0.25) is 4.57 Å². The molecule has 1 atom stereocenters. The van der Waals surface area contributed by atoms with Crippen LogP contribution in [-0.2, 0) is 13.7 Å². The summed E-state index contributed by atoms with van der Waals surface area (Å²) < 4.78 is 19.6. The number of rotatable bonds is 4. The van der Waals surface area contributed by atoms with Crippen molar-refractivity contribution in [2.24, 2.45) is 0 Å². The van der Waals surface area contributed by atoms with Crippen molar-refractivity contribution in [2.75, 3.05) is 27.7 Å². The molecule has 11 heavy (non-hydrogen) atoms. The molecule has 6 heteroatoms. The van der Waals surface area contributed by atoms with Crippen molar-refractivity contribution in [3.63, 3.8) is 0 Å². The van der Waals surface area contributed by atoms with Gasteiger partial charge in [0.05, 0.1) is 27.7 Å². The van der Waals surface area contributed by atoms with E-state index in [1.807, 2.05) is 0 Å². The van der Waals surface area contributed by atoms with E-state index in [-0.39, 0.29) is 11.3 Å². The number of hydroxylamine groups is 3. The third kappa shape index (κ3) is 6.47. The van der Waals surface area contributed by atoms with Gasteiger partial charge in [-0.15, -0.1) is 4.62 Å². The van der Waals surface area contributed by atoms with E-state index in [2.05, 4.69) is 9.15 Å². The van der Waals surface area contributed by atoms with Crippen LogP contribution < -0.4 is 4.89 Å². The van der Waals surface area contributed by atoms with Crippen molar-refractivity contribution in [3.8, 4) is 0 Å². The van der Waals surface area contributed by atoms with Gasteiger partial charge in [-0.25, -0.2) is 0 Å². The number of phosphoric acid groups is 1. The van der Waals surface area contributed by atoms with Crippen LogP contribution in [0, 0.1) is 0 Å². The second-order valence-electron chi connectivity index (χ2n) is 2.84. The summed E-state index contributed by atoms with van der Waals surface area (Å²) in [5.74, 6) is 0. The molecule has 0 aromatic carbocycles. The highest BCUT2D eigenvalue weighted by molar-refractivity contribution is 7.45. The first-order valence-electron chi connectivity index (χ1n) is 3.25. The van der Waals surface area contributed by atoms with E-state index in [0.717, 1.165) is 0 Å². The van der Waals surface area contributed by atoms with E-state index in [9.17, 15) is 9.46 Å². The van der Waals surface area contributed by atoms with Gasteiger partial charge in [-0.1, -0.05) is 0 Å². The van der Waals surface area contributed by atoms with Gasteiger partial charge in [0.25, 0.3) is 0 Å². The maximum atomic E-state index is 10.8. The molecule has 68 valence electrons. The molecule has 0 amide bonds. The lowest BCUT2D eigenvalue weighted by molar-refractivity contribution is -1.04. The molecule has 1 unspecified atom stereocenters. The van der Waals surface area contributed by atoms with Crippen molar-refractivity contribution >= 4 is 7.82 Å². The molecular formula is C5H14NO4P. The van der Waals surface area contributed by atoms with Gasteiger partial charge < -0.3 is 9.42 Å². The Morgan fingerprint density at radius 3 is 2.18 bits per heavy atom. The summed E-state index contributed by atoms with van der Waals surface area (Å²) in [4.78, 5) is 10.8. The first-order valence-corrected chi connectivity index (χ1v) is 4.71. The minimum absolute atomic E-state index is 0.0980. The largest absolute Gasteiger partial charge is 0.752 e. The van der Waals surface area contributed by atoms with Crippen molar-refractivity contribution in [2.45, 2.75) is 6.92 Å². The molecule has 0 aliphatic rings. The molecule has 0 bridgehead atoms. The maximum absolute atomic E-state index is 10.8. The molecule has 0 heterocycles. The molecule has 0 aromatic heterocycles. The monoisotopic (exact) mass is 183 g/mol.